The van der Waals surface area contributed by atoms with E-state index in [0.717, 1.165) is 18.5 Å². The molecule has 2 atom stereocenters. The lowest BCUT2D eigenvalue weighted by Gasteiger charge is -2.39. The molecule has 0 aliphatic carbocycles. The number of carbonyl (C=O) groups is 1. The maximum Gasteiger partial charge on any atom is 0.337 e. The van der Waals surface area contributed by atoms with Crippen LogP contribution in [0, 0.1) is 0 Å². The minimum absolute atomic E-state index is 0.354. The highest BCUT2D eigenvalue weighted by Crippen LogP contribution is 2.27. The number of ether oxygens (including phenoxy) is 1. The van der Waals surface area contributed by atoms with E-state index in [-0.39, 0.29) is 5.97 Å². The second kappa shape index (κ2) is 6.13. The highest BCUT2D eigenvalue weighted by Gasteiger charge is 2.25. The topological polar surface area (TPSA) is 67.6 Å². The molecule has 20 heavy (non-hydrogen) atoms. The number of methoxy groups -OCH3 is 1. The van der Waals surface area contributed by atoms with Crippen molar-refractivity contribution in [2.45, 2.75) is 45.2 Å². The average Bonchev–Trinajstić information content (AvgIpc) is 2.44. The molecule has 2 unspecified atom stereocenters. The summed E-state index contributed by atoms with van der Waals surface area (Å²) in [5.74, 6) is -0.354. The maximum atomic E-state index is 11.6. The molecule has 1 saturated heterocycles. The largest absolute Gasteiger partial charge is 0.465 e. The first-order chi connectivity index (χ1) is 9.52. The standard InChI is InChI=1S/C15H23N3O2/c1-10-5-4-6-11(2)18(10)17-14-9-12(15(19)20-3)7-8-13(14)16/h7-11,17H,4-6,16H2,1-3H3. The number of anilines is 2. The van der Waals surface area contributed by atoms with Crippen LogP contribution in [-0.2, 0) is 4.74 Å². The molecule has 0 radical (unpaired) electrons. The number of piperidine rings is 1. The lowest BCUT2D eigenvalue weighted by Crippen LogP contribution is -2.47. The number of benzene rings is 1. The van der Waals surface area contributed by atoms with Crippen LogP contribution in [0.3, 0.4) is 0 Å². The summed E-state index contributed by atoms with van der Waals surface area (Å²) >= 11 is 0. The van der Waals surface area contributed by atoms with Crippen LogP contribution in [0.2, 0.25) is 0 Å². The molecule has 0 amide bonds. The molecule has 3 N–H and O–H groups in total. The molecule has 5 nitrogen and oxygen atoms in total. The highest BCUT2D eigenvalue weighted by molar-refractivity contribution is 5.91. The molecular weight excluding hydrogens is 254 g/mol. The van der Waals surface area contributed by atoms with Crippen molar-refractivity contribution in [2.75, 3.05) is 18.3 Å². The molecule has 2 rings (SSSR count). The summed E-state index contributed by atoms with van der Waals surface area (Å²) in [5, 5.41) is 2.22. The predicted octanol–water partition coefficient (Wildman–Crippen LogP) is 2.65. The molecule has 5 heteroatoms. The van der Waals surface area contributed by atoms with E-state index in [9.17, 15) is 4.79 Å². The Hall–Kier alpha value is -1.75. The number of hydrogen-bond donors (Lipinski definition) is 2. The van der Waals surface area contributed by atoms with Crippen molar-refractivity contribution < 1.29 is 9.53 Å². The lowest BCUT2D eigenvalue weighted by molar-refractivity contribution is 0.0601. The molecule has 0 spiro atoms. The van der Waals surface area contributed by atoms with Crippen LogP contribution < -0.4 is 11.2 Å². The van der Waals surface area contributed by atoms with Gasteiger partial charge in [0.15, 0.2) is 0 Å². The molecule has 1 aliphatic heterocycles. The summed E-state index contributed by atoms with van der Waals surface area (Å²) in [4.78, 5) is 11.6. The van der Waals surface area contributed by atoms with Crippen molar-refractivity contribution >= 4 is 17.3 Å². The molecule has 1 aromatic rings. The number of hydrogen-bond acceptors (Lipinski definition) is 5. The predicted molar refractivity (Wildman–Crippen MR) is 80.4 cm³/mol. The third kappa shape index (κ3) is 3.04. The second-order valence-corrected chi connectivity index (χ2v) is 5.44. The van der Waals surface area contributed by atoms with E-state index < -0.39 is 0 Å². The van der Waals surface area contributed by atoms with Gasteiger partial charge in [0, 0.05) is 12.1 Å². The SMILES string of the molecule is COC(=O)c1ccc(N)c(NN2C(C)CCCC2C)c1. The zero-order chi connectivity index (χ0) is 14.7. The Morgan fingerprint density at radius 1 is 1.35 bits per heavy atom. The van der Waals surface area contributed by atoms with E-state index in [4.69, 9.17) is 10.5 Å². The minimum atomic E-state index is -0.354. The smallest absolute Gasteiger partial charge is 0.337 e. The van der Waals surface area contributed by atoms with E-state index in [1.165, 1.54) is 13.5 Å². The van der Waals surface area contributed by atoms with Gasteiger partial charge in [-0.1, -0.05) is 6.42 Å². The Bertz CT molecular complexity index is 480. The van der Waals surface area contributed by atoms with Gasteiger partial charge < -0.3 is 15.9 Å². The first kappa shape index (κ1) is 14.7. The van der Waals surface area contributed by atoms with Gasteiger partial charge in [-0.15, -0.1) is 0 Å². The molecule has 1 aromatic carbocycles. The van der Waals surface area contributed by atoms with Gasteiger partial charge in [-0.05, 0) is 44.9 Å². The first-order valence-corrected chi connectivity index (χ1v) is 7.05. The molecule has 0 bridgehead atoms. The van der Waals surface area contributed by atoms with Gasteiger partial charge in [0.2, 0.25) is 0 Å². The minimum Gasteiger partial charge on any atom is -0.465 e. The van der Waals surface area contributed by atoms with Crippen molar-refractivity contribution in [3.05, 3.63) is 23.8 Å². The van der Waals surface area contributed by atoms with E-state index in [1.807, 2.05) is 0 Å². The molecule has 1 fully saturated rings. The molecule has 110 valence electrons. The number of nitrogens with zero attached hydrogens (tertiary/aromatic N) is 1. The van der Waals surface area contributed by atoms with Gasteiger partial charge in [-0.2, -0.15) is 0 Å². The van der Waals surface area contributed by atoms with Crippen molar-refractivity contribution in [3.63, 3.8) is 0 Å². The monoisotopic (exact) mass is 277 g/mol. The molecule has 0 aromatic heterocycles. The van der Waals surface area contributed by atoms with Gasteiger partial charge in [0.25, 0.3) is 0 Å². The summed E-state index contributed by atoms with van der Waals surface area (Å²) in [7, 11) is 1.38. The quantitative estimate of drug-likeness (QED) is 0.656. The van der Waals surface area contributed by atoms with Gasteiger partial charge in [0.05, 0.1) is 24.0 Å². The van der Waals surface area contributed by atoms with Crippen LogP contribution in [0.5, 0.6) is 0 Å². The van der Waals surface area contributed by atoms with Gasteiger partial charge >= 0.3 is 5.97 Å². The highest BCUT2D eigenvalue weighted by atomic mass is 16.5. The van der Waals surface area contributed by atoms with Crippen LogP contribution in [-0.4, -0.2) is 30.2 Å². The molecule has 1 heterocycles. The average molecular weight is 277 g/mol. The van der Waals surface area contributed by atoms with E-state index >= 15 is 0 Å². The zero-order valence-electron chi connectivity index (χ0n) is 12.3. The number of esters is 1. The number of nitrogens with two attached hydrogens (primary N) is 1. The van der Waals surface area contributed by atoms with Crippen LogP contribution in [0.4, 0.5) is 11.4 Å². The van der Waals surface area contributed by atoms with Crippen molar-refractivity contribution in [1.29, 1.82) is 0 Å². The van der Waals surface area contributed by atoms with Crippen molar-refractivity contribution in [2.24, 2.45) is 0 Å². The number of nitrogens with one attached hydrogen (secondary N) is 1. The van der Waals surface area contributed by atoms with Crippen LogP contribution in [0.25, 0.3) is 0 Å². The van der Waals surface area contributed by atoms with Crippen molar-refractivity contribution in [1.82, 2.24) is 5.01 Å². The van der Waals surface area contributed by atoms with E-state index in [1.54, 1.807) is 18.2 Å². The number of nitrogen functional groups attached to an aromatic ring is 1. The van der Waals surface area contributed by atoms with Crippen LogP contribution >= 0.6 is 0 Å². The van der Waals surface area contributed by atoms with Crippen molar-refractivity contribution in [3.8, 4) is 0 Å². The Balaban J connectivity index is 2.21. The molecule has 1 aliphatic rings. The number of carbonyl (C=O) groups excluding carboxylic acids is 1. The second-order valence-electron chi connectivity index (χ2n) is 5.44. The Morgan fingerprint density at radius 2 is 2.00 bits per heavy atom. The fourth-order valence-electron chi connectivity index (χ4n) is 2.68. The number of rotatable bonds is 3. The summed E-state index contributed by atoms with van der Waals surface area (Å²) in [6.07, 6.45) is 3.57. The summed E-state index contributed by atoms with van der Waals surface area (Å²) < 4.78 is 4.74. The van der Waals surface area contributed by atoms with Gasteiger partial charge in [-0.25, -0.2) is 9.80 Å². The Kier molecular flexibility index (Phi) is 4.49. The summed E-state index contributed by atoms with van der Waals surface area (Å²) in [5.41, 5.74) is 11.3. The normalized spacial score (nSPS) is 23.4. The zero-order valence-corrected chi connectivity index (χ0v) is 12.3. The van der Waals surface area contributed by atoms with Crippen LogP contribution in [0.15, 0.2) is 18.2 Å². The fraction of sp³-hybridized carbons (Fsp3) is 0.533. The molecular formula is C15H23N3O2. The van der Waals surface area contributed by atoms with E-state index in [0.29, 0.717) is 23.3 Å². The van der Waals surface area contributed by atoms with E-state index in [2.05, 4.69) is 24.3 Å². The number of hydrazine groups is 1. The van der Waals surface area contributed by atoms with Gasteiger partial charge in [0.1, 0.15) is 0 Å². The third-order valence-electron chi connectivity index (χ3n) is 3.92. The summed E-state index contributed by atoms with van der Waals surface area (Å²) in [6.45, 7) is 4.39. The maximum absolute atomic E-state index is 11.6. The Labute approximate surface area is 120 Å². The third-order valence-corrected chi connectivity index (χ3v) is 3.92. The Morgan fingerprint density at radius 3 is 2.60 bits per heavy atom. The van der Waals surface area contributed by atoms with Gasteiger partial charge in [-0.3, -0.25) is 0 Å². The fourth-order valence-corrected chi connectivity index (χ4v) is 2.68. The first-order valence-electron chi connectivity index (χ1n) is 7.05. The lowest BCUT2D eigenvalue weighted by atomic mass is 10.00. The van der Waals surface area contributed by atoms with Crippen LogP contribution in [0.1, 0.15) is 43.5 Å². The summed E-state index contributed by atoms with van der Waals surface area (Å²) in [6, 6.07) is 6.04. The molecule has 0 saturated carbocycles.